The van der Waals surface area contributed by atoms with Crippen LogP contribution in [0.4, 0.5) is 0 Å². The molecule has 0 amide bonds. The largest absolute Gasteiger partial charge is 0.493 e. The van der Waals surface area contributed by atoms with E-state index in [1.807, 2.05) is 65.9 Å². The Kier molecular flexibility index (Phi) is 6.91. The first-order chi connectivity index (χ1) is 15.5. The predicted octanol–water partition coefficient (Wildman–Crippen LogP) is 5.80. The molecule has 32 heavy (non-hydrogen) atoms. The number of carbonyl (C=O) groups is 1. The molecule has 0 saturated carbocycles. The first kappa shape index (κ1) is 22.5. The molecule has 166 valence electrons. The van der Waals surface area contributed by atoms with Crippen molar-refractivity contribution < 1.29 is 19.0 Å². The highest BCUT2D eigenvalue weighted by molar-refractivity contribution is 9.10. The van der Waals surface area contributed by atoms with Crippen molar-refractivity contribution in [1.82, 2.24) is 4.90 Å². The number of carbonyl (C=O) groups excluding carboxylic acids is 1. The van der Waals surface area contributed by atoms with Gasteiger partial charge in [0.2, 0.25) is 0 Å². The molecule has 0 bridgehead atoms. The van der Waals surface area contributed by atoms with E-state index in [0.29, 0.717) is 29.4 Å². The first-order valence-corrected chi connectivity index (χ1v) is 11.8. The lowest BCUT2D eigenvalue weighted by molar-refractivity contribution is -0.139. The maximum atomic E-state index is 13.0. The van der Waals surface area contributed by atoms with Crippen LogP contribution in [0.5, 0.6) is 11.5 Å². The maximum absolute atomic E-state index is 13.0. The normalized spacial score (nSPS) is 17.2. The van der Waals surface area contributed by atoms with Crippen LogP contribution in [0.3, 0.4) is 0 Å². The van der Waals surface area contributed by atoms with Crippen LogP contribution in [0.1, 0.15) is 31.0 Å². The predicted molar refractivity (Wildman–Crippen MR) is 130 cm³/mol. The molecule has 0 radical (unpaired) electrons. The number of nitrogens with zero attached hydrogens (tertiary/aromatic N) is 2. The standard InChI is InChI=1S/C24H23BrN2O4S/c1-4-30-23(28)20-15(2)26-24-27(12-13-32-24)21(20)18-6-5-7-19(29-3)22(18)31-14-16-8-10-17(25)11-9-16/h5-13,21H,4,14H2,1-3H3/t21-/m0/s1. The molecule has 0 aromatic heterocycles. The summed E-state index contributed by atoms with van der Waals surface area (Å²) in [5.41, 5.74) is 2.95. The lowest BCUT2D eigenvalue weighted by atomic mass is 9.93. The molecule has 2 aromatic rings. The van der Waals surface area contributed by atoms with Gasteiger partial charge in [0.15, 0.2) is 16.7 Å². The number of thioether (sulfide) groups is 1. The number of methoxy groups -OCH3 is 1. The number of esters is 1. The number of benzene rings is 2. The van der Waals surface area contributed by atoms with Gasteiger partial charge in [-0.15, -0.1) is 0 Å². The van der Waals surface area contributed by atoms with E-state index in [1.54, 1.807) is 14.0 Å². The van der Waals surface area contributed by atoms with E-state index in [1.165, 1.54) is 11.8 Å². The number of allylic oxidation sites excluding steroid dienone is 1. The number of ether oxygens (including phenoxy) is 3. The van der Waals surface area contributed by atoms with Crippen LogP contribution in [0.2, 0.25) is 0 Å². The van der Waals surface area contributed by atoms with E-state index in [2.05, 4.69) is 20.9 Å². The lowest BCUT2D eigenvalue weighted by Gasteiger charge is -2.34. The van der Waals surface area contributed by atoms with Crippen molar-refractivity contribution in [3.05, 3.63) is 80.9 Å². The topological polar surface area (TPSA) is 60.4 Å². The minimum Gasteiger partial charge on any atom is -0.493 e. The molecule has 2 aliphatic heterocycles. The second-order valence-electron chi connectivity index (χ2n) is 7.12. The van der Waals surface area contributed by atoms with Crippen molar-refractivity contribution in [2.45, 2.75) is 26.5 Å². The summed E-state index contributed by atoms with van der Waals surface area (Å²) in [4.78, 5) is 19.6. The fourth-order valence-corrected chi connectivity index (χ4v) is 4.73. The lowest BCUT2D eigenvalue weighted by Crippen LogP contribution is -2.34. The second-order valence-corrected chi connectivity index (χ2v) is 8.91. The molecule has 0 fully saturated rings. The zero-order chi connectivity index (χ0) is 22.7. The van der Waals surface area contributed by atoms with Gasteiger partial charge in [-0.1, -0.05) is 52.0 Å². The van der Waals surface area contributed by atoms with E-state index in [0.717, 1.165) is 20.8 Å². The van der Waals surface area contributed by atoms with Gasteiger partial charge in [-0.25, -0.2) is 9.79 Å². The molecular weight excluding hydrogens is 492 g/mol. The molecule has 2 heterocycles. The number of fused-ring (bicyclic) bond motifs is 1. The summed E-state index contributed by atoms with van der Waals surface area (Å²) in [5, 5.41) is 2.76. The van der Waals surface area contributed by atoms with Crippen LogP contribution in [0.25, 0.3) is 0 Å². The van der Waals surface area contributed by atoms with Crippen molar-refractivity contribution in [3.63, 3.8) is 0 Å². The third-order valence-corrected chi connectivity index (χ3v) is 6.44. The molecule has 2 aromatic carbocycles. The number of rotatable bonds is 7. The Morgan fingerprint density at radius 2 is 2.00 bits per heavy atom. The van der Waals surface area contributed by atoms with Crippen molar-refractivity contribution in [2.75, 3.05) is 13.7 Å². The van der Waals surface area contributed by atoms with Crippen molar-refractivity contribution in [1.29, 1.82) is 0 Å². The number of para-hydroxylation sites is 1. The Morgan fingerprint density at radius 1 is 1.22 bits per heavy atom. The van der Waals surface area contributed by atoms with Gasteiger partial charge in [0.05, 0.1) is 31.0 Å². The molecule has 0 aliphatic carbocycles. The van der Waals surface area contributed by atoms with Crippen LogP contribution in [0, 0.1) is 0 Å². The molecular formula is C24H23BrN2O4S. The number of aliphatic imine (C=N–C) groups is 1. The Bertz CT molecular complexity index is 1110. The third-order valence-electron chi connectivity index (χ3n) is 5.14. The smallest absolute Gasteiger partial charge is 0.338 e. The average molecular weight is 515 g/mol. The average Bonchev–Trinajstić information content (AvgIpc) is 3.25. The molecule has 6 nitrogen and oxygen atoms in total. The number of hydrogen-bond acceptors (Lipinski definition) is 7. The highest BCUT2D eigenvalue weighted by Gasteiger charge is 2.39. The van der Waals surface area contributed by atoms with Crippen LogP contribution >= 0.6 is 27.7 Å². The Hall–Kier alpha value is -2.71. The monoisotopic (exact) mass is 514 g/mol. The first-order valence-electron chi connectivity index (χ1n) is 10.2. The van der Waals surface area contributed by atoms with Crippen molar-refractivity contribution in [2.24, 2.45) is 4.99 Å². The van der Waals surface area contributed by atoms with Gasteiger partial charge in [-0.2, -0.15) is 0 Å². The van der Waals surface area contributed by atoms with E-state index >= 15 is 0 Å². The van der Waals surface area contributed by atoms with E-state index in [9.17, 15) is 4.79 Å². The van der Waals surface area contributed by atoms with Gasteiger partial charge < -0.3 is 19.1 Å². The van der Waals surface area contributed by atoms with Gasteiger partial charge in [-0.05, 0) is 43.0 Å². The molecule has 0 spiro atoms. The van der Waals surface area contributed by atoms with Crippen LogP contribution in [0.15, 0.2) is 74.8 Å². The van der Waals surface area contributed by atoms with E-state index in [-0.39, 0.29) is 12.6 Å². The van der Waals surface area contributed by atoms with E-state index in [4.69, 9.17) is 14.2 Å². The third kappa shape index (κ3) is 4.42. The van der Waals surface area contributed by atoms with Gasteiger partial charge in [0, 0.05) is 16.2 Å². The van der Waals surface area contributed by atoms with Gasteiger partial charge >= 0.3 is 5.97 Å². The van der Waals surface area contributed by atoms with Crippen molar-refractivity contribution >= 4 is 38.8 Å². The minimum atomic E-state index is -0.442. The zero-order valence-electron chi connectivity index (χ0n) is 18.0. The summed E-state index contributed by atoms with van der Waals surface area (Å²) in [6, 6.07) is 13.2. The summed E-state index contributed by atoms with van der Waals surface area (Å²) in [5.74, 6) is 0.800. The SMILES string of the molecule is CCOC(=O)C1=C(C)N=C2SC=CN2[C@H]1c1cccc(OC)c1OCc1ccc(Br)cc1. The van der Waals surface area contributed by atoms with Crippen LogP contribution in [-0.4, -0.2) is 29.8 Å². The van der Waals surface area contributed by atoms with Crippen molar-refractivity contribution in [3.8, 4) is 11.5 Å². The van der Waals surface area contributed by atoms with Crippen LogP contribution in [-0.2, 0) is 16.1 Å². The summed E-state index contributed by atoms with van der Waals surface area (Å²) in [6.45, 7) is 4.28. The highest BCUT2D eigenvalue weighted by Crippen LogP contribution is 2.46. The quantitative estimate of drug-likeness (QED) is 0.434. The highest BCUT2D eigenvalue weighted by atomic mass is 79.9. The van der Waals surface area contributed by atoms with E-state index < -0.39 is 6.04 Å². The molecule has 0 unspecified atom stereocenters. The zero-order valence-corrected chi connectivity index (χ0v) is 20.4. The summed E-state index contributed by atoms with van der Waals surface area (Å²) >= 11 is 4.97. The molecule has 4 rings (SSSR count). The maximum Gasteiger partial charge on any atom is 0.338 e. The molecule has 0 N–H and O–H groups in total. The van der Waals surface area contributed by atoms with Gasteiger partial charge in [0.1, 0.15) is 6.61 Å². The number of hydrogen-bond donors (Lipinski definition) is 0. The second kappa shape index (κ2) is 9.83. The van der Waals surface area contributed by atoms with Gasteiger partial charge in [0.25, 0.3) is 0 Å². The Morgan fingerprint density at radius 3 is 2.72 bits per heavy atom. The summed E-state index contributed by atoms with van der Waals surface area (Å²) in [6.07, 6.45) is 1.93. The Balaban J connectivity index is 1.78. The molecule has 0 saturated heterocycles. The Labute approximate surface area is 200 Å². The van der Waals surface area contributed by atoms with Gasteiger partial charge in [-0.3, -0.25) is 0 Å². The number of amidine groups is 1. The minimum absolute atomic E-state index is 0.286. The molecule has 1 atom stereocenters. The van der Waals surface area contributed by atoms with Crippen LogP contribution < -0.4 is 9.47 Å². The fourth-order valence-electron chi connectivity index (χ4n) is 3.68. The summed E-state index contributed by atoms with van der Waals surface area (Å²) in [7, 11) is 1.61. The number of halogens is 1. The summed E-state index contributed by atoms with van der Waals surface area (Å²) < 4.78 is 18.3. The molecule has 2 aliphatic rings. The fraction of sp³-hybridized carbons (Fsp3) is 0.250. The molecule has 8 heteroatoms.